The van der Waals surface area contributed by atoms with E-state index in [1.54, 1.807) is 0 Å². The second kappa shape index (κ2) is 4.62. The van der Waals surface area contributed by atoms with Gasteiger partial charge in [0.2, 0.25) is 0 Å². The van der Waals surface area contributed by atoms with Crippen LogP contribution in [0.25, 0.3) is 0 Å². The molecule has 0 aliphatic heterocycles. The Kier molecular flexibility index (Phi) is 3.38. The lowest BCUT2D eigenvalue weighted by atomic mass is 9.86. The minimum absolute atomic E-state index is 0.284. The lowest BCUT2D eigenvalue weighted by molar-refractivity contribution is 0.254. The second-order valence-corrected chi connectivity index (χ2v) is 5.74. The van der Waals surface area contributed by atoms with E-state index in [2.05, 4.69) is 49.2 Å². The van der Waals surface area contributed by atoms with Gasteiger partial charge in [0.25, 0.3) is 0 Å². The van der Waals surface area contributed by atoms with Gasteiger partial charge in [-0.25, -0.2) is 0 Å². The lowest BCUT2D eigenvalue weighted by Gasteiger charge is -2.33. The third-order valence-electron chi connectivity index (χ3n) is 4.02. The van der Waals surface area contributed by atoms with Gasteiger partial charge in [-0.05, 0) is 44.2 Å². The summed E-state index contributed by atoms with van der Waals surface area (Å²) in [5.41, 5.74) is 1.67. The van der Waals surface area contributed by atoms with E-state index in [4.69, 9.17) is 0 Å². The van der Waals surface area contributed by atoms with E-state index in [1.807, 2.05) is 0 Å². The predicted molar refractivity (Wildman–Crippen MR) is 68.3 cm³/mol. The van der Waals surface area contributed by atoms with E-state index in [0.29, 0.717) is 0 Å². The van der Waals surface area contributed by atoms with Crippen LogP contribution in [0.1, 0.15) is 45.1 Å². The van der Waals surface area contributed by atoms with Gasteiger partial charge < -0.3 is 9.88 Å². The number of rotatable bonds is 4. The van der Waals surface area contributed by atoms with Crippen molar-refractivity contribution < 1.29 is 0 Å². The molecule has 2 rings (SSSR count). The molecule has 0 amide bonds. The van der Waals surface area contributed by atoms with Crippen LogP contribution in [-0.2, 0) is 13.6 Å². The van der Waals surface area contributed by atoms with Gasteiger partial charge in [0.1, 0.15) is 0 Å². The fourth-order valence-corrected chi connectivity index (χ4v) is 2.79. The molecule has 0 bridgehead atoms. The van der Waals surface area contributed by atoms with Crippen molar-refractivity contribution in [2.24, 2.45) is 13.0 Å². The fraction of sp³-hybridized carbons (Fsp3) is 0.714. The molecule has 0 atom stereocenters. The Hall–Kier alpha value is -0.760. The van der Waals surface area contributed by atoms with Gasteiger partial charge in [-0.3, -0.25) is 0 Å². The van der Waals surface area contributed by atoms with Crippen LogP contribution in [0.2, 0.25) is 0 Å². The van der Waals surface area contributed by atoms with Gasteiger partial charge in [-0.2, -0.15) is 0 Å². The average molecular weight is 220 g/mol. The summed E-state index contributed by atoms with van der Waals surface area (Å²) < 4.78 is 2.11. The number of hydrogen-bond acceptors (Lipinski definition) is 1. The first-order valence-electron chi connectivity index (χ1n) is 6.44. The maximum Gasteiger partial charge on any atom is 0.0225 e. The molecule has 0 radical (unpaired) electrons. The molecule has 0 spiro atoms. The topological polar surface area (TPSA) is 17.0 Å². The smallest absolute Gasteiger partial charge is 0.0225 e. The van der Waals surface area contributed by atoms with Gasteiger partial charge in [0.05, 0.1) is 0 Å². The summed E-state index contributed by atoms with van der Waals surface area (Å²) in [5, 5.41) is 3.72. The molecule has 0 aromatic carbocycles. The van der Waals surface area contributed by atoms with Crippen molar-refractivity contribution in [2.45, 2.75) is 51.6 Å². The molecule has 2 nitrogen and oxygen atoms in total. The number of hydrogen-bond donors (Lipinski definition) is 1. The van der Waals surface area contributed by atoms with E-state index in [-0.39, 0.29) is 5.54 Å². The summed E-state index contributed by atoms with van der Waals surface area (Å²) in [6, 6.07) is 2.19. The Morgan fingerprint density at radius 2 is 2.06 bits per heavy atom. The molecular weight excluding hydrogens is 196 g/mol. The first-order valence-corrected chi connectivity index (χ1v) is 6.44. The molecular formula is C14H24N2. The van der Waals surface area contributed by atoms with Crippen molar-refractivity contribution in [2.75, 3.05) is 0 Å². The van der Waals surface area contributed by atoms with Gasteiger partial charge in [-0.1, -0.05) is 12.8 Å². The van der Waals surface area contributed by atoms with Crippen molar-refractivity contribution in [1.29, 1.82) is 0 Å². The van der Waals surface area contributed by atoms with Crippen LogP contribution in [0.15, 0.2) is 18.5 Å². The van der Waals surface area contributed by atoms with Gasteiger partial charge in [0, 0.05) is 31.5 Å². The van der Waals surface area contributed by atoms with Crippen molar-refractivity contribution in [1.82, 2.24) is 9.88 Å². The van der Waals surface area contributed by atoms with Crippen molar-refractivity contribution in [3.05, 3.63) is 24.0 Å². The molecule has 1 saturated carbocycles. The second-order valence-electron chi connectivity index (χ2n) is 5.74. The molecule has 0 saturated heterocycles. The van der Waals surface area contributed by atoms with Crippen LogP contribution in [0.5, 0.6) is 0 Å². The Morgan fingerprint density at radius 3 is 2.62 bits per heavy atom. The summed E-state index contributed by atoms with van der Waals surface area (Å²) in [4.78, 5) is 0. The molecule has 1 aliphatic carbocycles. The monoisotopic (exact) mass is 220 g/mol. The summed E-state index contributed by atoms with van der Waals surface area (Å²) in [7, 11) is 2.08. The standard InChI is InChI=1S/C14H24N2/c1-14(2,13-6-4-5-7-13)15-10-12-8-9-16(3)11-12/h8-9,11,13,15H,4-7,10H2,1-3H3. The van der Waals surface area contributed by atoms with Crippen LogP contribution in [0, 0.1) is 5.92 Å². The van der Waals surface area contributed by atoms with E-state index in [0.717, 1.165) is 12.5 Å². The number of nitrogens with one attached hydrogen (secondary N) is 1. The highest BCUT2D eigenvalue weighted by Crippen LogP contribution is 2.33. The highest BCUT2D eigenvalue weighted by Gasteiger charge is 2.30. The first-order chi connectivity index (χ1) is 7.58. The van der Waals surface area contributed by atoms with Crippen LogP contribution >= 0.6 is 0 Å². The molecule has 1 N–H and O–H groups in total. The van der Waals surface area contributed by atoms with Crippen LogP contribution in [0.4, 0.5) is 0 Å². The summed E-state index contributed by atoms with van der Waals surface area (Å²) in [6.45, 7) is 5.70. The van der Waals surface area contributed by atoms with E-state index >= 15 is 0 Å². The number of aryl methyl sites for hydroxylation is 1. The van der Waals surface area contributed by atoms with E-state index < -0.39 is 0 Å². The molecule has 2 heteroatoms. The first kappa shape index (κ1) is 11.7. The zero-order valence-corrected chi connectivity index (χ0v) is 10.8. The fourth-order valence-electron chi connectivity index (χ4n) is 2.79. The van der Waals surface area contributed by atoms with Crippen LogP contribution in [0.3, 0.4) is 0 Å². The van der Waals surface area contributed by atoms with E-state index in [1.165, 1.54) is 31.2 Å². The van der Waals surface area contributed by atoms with Crippen LogP contribution < -0.4 is 5.32 Å². The van der Waals surface area contributed by atoms with Crippen molar-refractivity contribution >= 4 is 0 Å². The zero-order chi connectivity index (χ0) is 11.6. The lowest BCUT2D eigenvalue weighted by Crippen LogP contribution is -2.44. The summed E-state index contributed by atoms with van der Waals surface area (Å²) in [5.74, 6) is 0.858. The molecule has 90 valence electrons. The maximum atomic E-state index is 3.72. The maximum absolute atomic E-state index is 3.72. The Morgan fingerprint density at radius 1 is 1.38 bits per heavy atom. The summed E-state index contributed by atoms with van der Waals surface area (Å²) in [6.07, 6.45) is 9.93. The Labute approximate surface area is 99.0 Å². The third-order valence-corrected chi connectivity index (χ3v) is 4.02. The number of aromatic nitrogens is 1. The molecule has 1 aliphatic rings. The molecule has 16 heavy (non-hydrogen) atoms. The largest absolute Gasteiger partial charge is 0.357 e. The number of nitrogens with zero attached hydrogens (tertiary/aromatic N) is 1. The summed E-state index contributed by atoms with van der Waals surface area (Å²) >= 11 is 0. The highest BCUT2D eigenvalue weighted by atomic mass is 15.0. The molecule has 1 aromatic heterocycles. The van der Waals surface area contributed by atoms with E-state index in [9.17, 15) is 0 Å². The third kappa shape index (κ3) is 2.67. The predicted octanol–water partition coefficient (Wildman–Crippen LogP) is 3.08. The normalized spacial score (nSPS) is 18.2. The van der Waals surface area contributed by atoms with Gasteiger partial charge in [-0.15, -0.1) is 0 Å². The van der Waals surface area contributed by atoms with Crippen LogP contribution in [-0.4, -0.2) is 10.1 Å². The minimum atomic E-state index is 0.284. The zero-order valence-electron chi connectivity index (χ0n) is 10.8. The van der Waals surface area contributed by atoms with Crippen molar-refractivity contribution in [3.63, 3.8) is 0 Å². The highest BCUT2D eigenvalue weighted by molar-refractivity contribution is 5.10. The molecule has 1 fully saturated rings. The van der Waals surface area contributed by atoms with Crippen molar-refractivity contribution in [3.8, 4) is 0 Å². The Balaban J connectivity index is 1.88. The average Bonchev–Trinajstić information content (AvgIpc) is 2.85. The molecule has 0 unspecified atom stereocenters. The van der Waals surface area contributed by atoms with Gasteiger partial charge in [0.15, 0.2) is 0 Å². The SMILES string of the molecule is Cn1ccc(CNC(C)(C)C2CCCC2)c1. The quantitative estimate of drug-likeness (QED) is 0.825. The van der Waals surface area contributed by atoms with Gasteiger partial charge >= 0.3 is 0 Å². The Bertz CT molecular complexity index is 332. The molecule has 1 aromatic rings. The minimum Gasteiger partial charge on any atom is -0.357 e. The molecule has 1 heterocycles.